The van der Waals surface area contributed by atoms with E-state index < -0.39 is 0 Å². The number of aryl methyl sites for hydroxylation is 1. The third-order valence-electron chi connectivity index (χ3n) is 2.72. The zero-order valence-corrected chi connectivity index (χ0v) is 10.1. The van der Waals surface area contributed by atoms with Crippen molar-refractivity contribution in [3.63, 3.8) is 0 Å². The van der Waals surface area contributed by atoms with Crippen LogP contribution in [-0.4, -0.2) is 0 Å². The summed E-state index contributed by atoms with van der Waals surface area (Å²) in [6.45, 7) is 6.11. The lowest BCUT2D eigenvalue weighted by Crippen LogP contribution is -2.24. The Morgan fingerprint density at radius 1 is 1.18 bits per heavy atom. The Hall–Kier alpha value is -2.02. The van der Waals surface area contributed by atoms with E-state index >= 15 is 0 Å². The van der Waals surface area contributed by atoms with Gasteiger partial charge in [-0.2, -0.15) is 0 Å². The molecule has 0 radical (unpaired) electrons. The van der Waals surface area contributed by atoms with E-state index in [0.717, 1.165) is 17.7 Å². The van der Waals surface area contributed by atoms with Crippen LogP contribution in [0.25, 0.3) is 12.2 Å². The van der Waals surface area contributed by atoms with E-state index in [2.05, 4.69) is 49.9 Å². The molecule has 86 valence electrons. The first-order valence-electron chi connectivity index (χ1n) is 5.76. The molecule has 1 aliphatic rings. The normalized spacial score (nSPS) is 21.2. The predicted octanol–water partition coefficient (Wildman–Crippen LogP) is 1.91. The lowest BCUT2D eigenvalue weighted by Gasteiger charge is -1.99. The summed E-state index contributed by atoms with van der Waals surface area (Å²) in [6.07, 6.45) is 11.1. The summed E-state index contributed by atoms with van der Waals surface area (Å²) in [6, 6.07) is 6.44. The molecule has 0 saturated heterocycles. The number of benzene rings is 1. The Labute approximate surface area is 102 Å². The molecule has 0 spiro atoms. The standard InChI is InChI=1S/C16H17N/c1-12-7-8-15-10-13(2)11-16(17)6-4-3-5-14(15)9-12/h4-11H,2-3,17H2,1H3/b6-4-,14-5-,15-10-,16-11?. The lowest BCUT2D eigenvalue weighted by molar-refractivity contribution is 1.34. The molecule has 2 rings (SSSR count). The average molecular weight is 223 g/mol. The van der Waals surface area contributed by atoms with Crippen molar-refractivity contribution in [2.45, 2.75) is 13.3 Å². The van der Waals surface area contributed by atoms with Crippen LogP contribution in [0.3, 0.4) is 0 Å². The predicted molar refractivity (Wildman–Crippen MR) is 74.5 cm³/mol. The van der Waals surface area contributed by atoms with Gasteiger partial charge in [-0.15, -0.1) is 0 Å². The van der Waals surface area contributed by atoms with E-state index in [1.165, 1.54) is 16.0 Å². The third-order valence-corrected chi connectivity index (χ3v) is 2.72. The quantitative estimate of drug-likeness (QED) is 0.714. The van der Waals surface area contributed by atoms with Gasteiger partial charge in [0.05, 0.1) is 0 Å². The summed E-state index contributed by atoms with van der Waals surface area (Å²) in [7, 11) is 0. The molecule has 0 bridgehead atoms. The molecule has 0 aromatic heterocycles. The summed E-state index contributed by atoms with van der Waals surface area (Å²) >= 11 is 0. The van der Waals surface area contributed by atoms with Crippen molar-refractivity contribution < 1.29 is 0 Å². The lowest BCUT2D eigenvalue weighted by atomic mass is 10.1. The highest BCUT2D eigenvalue weighted by Gasteiger charge is 1.92. The topological polar surface area (TPSA) is 26.0 Å². The van der Waals surface area contributed by atoms with E-state index in [4.69, 9.17) is 5.73 Å². The summed E-state index contributed by atoms with van der Waals surface area (Å²) in [5.41, 5.74) is 8.78. The second-order valence-electron chi connectivity index (χ2n) is 4.34. The highest BCUT2D eigenvalue weighted by atomic mass is 14.5. The van der Waals surface area contributed by atoms with Crippen molar-refractivity contribution in [1.29, 1.82) is 0 Å². The fraction of sp³-hybridized carbons (Fsp3) is 0.125. The number of hydrogen-bond donors (Lipinski definition) is 1. The molecule has 0 saturated carbocycles. The number of rotatable bonds is 0. The molecule has 1 aromatic carbocycles. The first-order chi connectivity index (χ1) is 8.15. The Bertz CT molecular complexity index is 615. The number of allylic oxidation sites excluding steroid dienone is 4. The van der Waals surface area contributed by atoms with Gasteiger partial charge in [0.2, 0.25) is 0 Å². The minimum atomic E-state index is 0.746. The Balaban J connectivity index is 2.66. The molecular formula is C16H17N. The smallest absolute Gasteiger partial charge is 0.0316 e. The zero-order valence-electron chi connectivity index (χ0n) is 10.1. The molecule has 1 aliphatic carbocycles. The molecule has 2 N–H and O–H groups in total. The zero-order chi connectivity index (χ0) is 12.3. The fourth-order valence-electron chi connectivity index (χ4n) is 1.91. The van der Waals surface area contributed by atoms with Crippen LogP contribution in [0.15, 0.2) is 54.3 Å². The highest BCUT2D eigenvalue weighted by Crippen LogP contribution is 2.01. The molecule has 1 nitrogen and oxygen atoms in total. The van der Waals surface area contributed by atoms with Crippen LogP contribution in [0, 0.1) is 6.92 Å². The maximum Gasteiger partial charge on any atom is 0.0316 e. The Morgan fingerprint density at radius 2 is 2.00 bits per heavy atom. The van der Waals surface area contributed by atoms with Gasteiger partial charge in [0.15, 0.2) is 0 Å². The molecule has 1 heteroatoms. The van der Waals surface area contributed by atoms with E-state index in [1.807, 2.05) is 12.2 Å². The molecule has 1 aromatic rings. The van der Waals surface area contributed by atoms with Crippen molar-refractivity contribution >= 4 is 12.2 Å². The maximum absolute atomic E-state index is 5.84. The van der Waals surface area contributed by atoms with Gasteiger partial charge in [-0.25, -0.2) is 0 Å². The minimum absolute atomic E-state index is 0.746. The minimum Gasteiger partial charge on any atom is -0.399 e. The van der Waals surface area contributed by atoms with Crippen molar-refractivity contribution in [1.82, 2.24) is 0 Å². The van der Waals surface area contributed by atoms with Crippen LogP contribution in [0.1, 0.15) is 12.0 Å². The first-order valence-corrected chi connectivity index (χ1v) is 5.76. The molecule has 0 aliphatic heterocycles. The van der Waals surface area contributed by atoms with E-state index in [1.54, 1.807) is 0 Å². The van der Waals surface area contributed by atoms with Gasteiger partial charge >= 0.3 is 0 Å². The Morgan fingerprint density at radius 3 is 2.82 bits per heavy atom. The molecule has 0 heterocycles. The highest BCUT2D eigenvalue weighted by molar-refractivity contribution is 5.54. The monoisotopic (exact) mass is 223 g/mol. The Kier molecular flexibility index (Phi) is 3.29. The fourth-order valence-corrected chi connectivity index (χ4v) is 1.91. The molecule has 0 fully saturated rings. The largest absolute Gasteiger partial charge is 0.399 e. The summed E-state index contributed by atoms with van der Waals surface area (Å²) in [4.78, 5) is 0. The van der Waals surface area contributed by atoms with Gasteiger partial charge in [0.25, 0.3) is 0 Å². The van der Waals surface area contributed by atoms with E-state index in [-0.39, 0.29) is 0 Å². The average Bonchev–Trinajstić information content (AvgIpc) is 2.27. The van der Waals surface area contributed by atoms with Gasteiger partial charge in [-0.1, -0.05) is 42.5 Å². The van der Waals surface area contributed by atoms with Gasteiger partial charge < -0.3 is 5.73 Å². The van der Waals surface area contributed by atoms with Crippen LogP contribution in [-0.2, 0) is 0 Å². The van der Waals surface area contributed by atoms with Gasteiger partial charge in [-0.3, -0.25) is 0 Å². The van der Waals surface area contributed by atoms with Crippen LogP contribution in [0.5, 0.6) is 0 Å². The van der Waals surface area contributed by atoms with Crippen molar-refractivity contribution in [2.75, 3.05) is 0 Å². The van der Waals surface area contributed by atoms with Gasteiger partial charge in [0, 0.05) is 5.70 Å². The second-order valence-corrected chi connectivity index (χ2v) is 4.34. The molecule has 17 heavy (non-hydrogen) atoms. The van der Waals surface area contributed by atoms with Crippen LogP contribution in [0.4, 0.5) is 0 Å². The van der Waals surface area contributed by atoms with Crippen molar-refractivity contribution in [3.8, 4) is 0 Å². The number of hydrogen-bond acceptors (Lipinski definition) is 1. The van der Waals surface area contributed by atoms with E-state index in [9.17, 15) is 0 Å². The molecule has 0 amide bonds. The first kappa shape index (κ1) is 11.5. The van der Waals surface area contributed by atoms with E-state index in [0.29, 0.717) is 0 Å². The summed E-state index contributed by atoms with van der Waals surface area (Å²) in [5, 5.41) is 2.45. The van der Waals surface area contributed by atoms with Crippen LogP contribution < -0.4 is 16.2 Å². The van der Waals surface area contributed by atoms with Gasteiger partial charge in [-0.05, 0) is 47.6 Å². The second kappa shape index (κ2) is 4.88. The molecule has 0 unspecified atom stereocenters. The number of fused-ring (bicyclic) bond motifs is 1. The van der Waals surface area contributed by atoms with Crippen LogP contribution in [0.2, 0.25) is 0 Å². The third kappa shape index (κ3) is 2.97. The molecule has 0 atom stereocenters. The number of nitrogens with two attached hydrogens (primary N) is 1. The van der Waals surface area contributed by atoms with Crippen LogP contribution >= 0.6 is 0 Å². The maximum atomic E-state index is 5.84. The summed E-state index contributed by atoms with van der Waals surface area (Å²) in [5.74, 6) is 0. The van der Waals surface area contributed by atoms with Crippen molar-refractivity contribution in [3.05, 3.63) is 70.3 Å². The van der Waals surface area contributed by atoms with Gasteiger partial charge in [0.1, 0.15) is 0 Å². The summed E-state index contributed by atoms with van der Waals surface area (Å²) < 4.78 is 0. The molecular weight excluding hydrogens is 206 g/mol. The SMILES string of the molecule is C=C1C=C(N)/C=C\C/C=c2/cc(C)cc/c2=C/1. The van der Waals surface area contributed by atoms with Crippen molar-refractivity contribution in [2.24, 2.45) is 5.73 Å².